The van der Waals surface area contributed by atoms with Gasteiger partial charge in [-0.1, -0.05) is 6.07 Å². The van der Waals surface area contributed by atoms with Crippen molar-refractivity contribution in [3.63, 3.8) is 0 Å². The second-order valence-electron chi connectivity index (χ2n) is 7.56. The van der Waals surface area contributed by atoms with Crippen molar-refractivity contribution in [2.24, 2.45) is 0 Å². The monoisotopic (exact) mass is 408 g/mol. The second kappa shape index (κ2) is 8.08. The number of benzene rings is 1. The Balaban J connectivity index is 1.68. The third kappa shape index (κ3) is 4.30. The number of amides is 3. The maximum absolute atomic E-state index is 12.5. The first-order valence-electron chi connectivity index (χ1n) is 9.62. The number of rotatable bonds is 6. The van der Waals surface area contributed by atoms with E-state index in [1.165, 1.54) is 30.0 Å². The number of carbonyl (C=O) groups is 2. The molecule has 154 valence electrons. The van der Waals surface area contributed by atoms with E-state index >= 15 is 0 Å². The molecule has 1 aromatic carbocycles. The van der Waals surface area contributed by atoms with Crippen molar-refractivity contribution in [2.75, 3.05) is 32.5 Å². The molecule has 2 aliphatic carbocycles. The molecular formula is C19H28N4O4S. The number of hydrogen-bond donors (Lipinski definition) is 2. The molecule has 2 aliphatic rings. The van der Waals surface area contributed by atoms with Crippen LogP contribution in [0.3, 0.4) is 0 Å². The van der Waals surface area contributed by atoms with Crippen molar-refractivity contribution < 1.29 is 18.0 Å². The van der Waals surface area contributed by atoms with Crippen molar-refractivity contribution in [2.45, 2.75) is 45.4 Å². The van der Waals surface area contributed by atoms with E-state index in [4.69, 9.17) is 0 Å². The highest BCUT2D eigenvalue weighted by atomic mass is 32.2. The van der Waals surface area contributed by atoms with Gasteiger partial charge in [-0.2, -0.15) is 12.7 Å². The Bertz CT molecular complexity index is 865. The van der Waals surface area contributed by atoms with Crippen LogP contribution in [0.2, 0.25) is 0 Å². The lowest BCUT2D eigenvalue weighted by atomic mass is 9.99. The Labute approximate surface area is 166 Å². The molecule has 0 atom stereocenters. The minimum atomic E-state index is -4.00. The molecule has 0 spiro atoms. The molecule has 0 heterocycles. The summed E-state index contributed by atoms with van der Waals surface area (Å²) in [6.07, 6.45) is 5.93. The standard InChI is InChI=1S/C19H28N4O4S/c1-13(24)22(2)10-11-23(3)28(26,27)21-19(25)20-18-16-8-4-6-14(16)12-15-7-5-9-17(15)18/h12H,4-11H2,1-3H3,(H2,20,21,25). The van der Waals surface area contributed by atoms with Gasteiger partial charge in [0.25, 0.3) is 0 Å². The highest BCUT2D eigenvalue weighted by Crippen LogP contribution is 2.38. The fourth-order valence-corrected chi connectivity index (χ4v) is 4.63. The zero-order valence-electron chi connectivity index (χ0n) is 16.7. The van der Waals surface area contributed by atoms with Gasteiger partial charge in [0.15, 0.2) is 0 Å². The zero-order valence-corrected chi connectivity index (χ0v) is 17.5. The first kappa shape index (κ1) is 20.6. The molecule has 0 saturated heterocycles. The lowest BCUT2D eigenvalue weighted by molar-refractivity contribution is -0.127. The Morgan fingerprint density at radius 1 is 1.00 bits per heavy atom. The van der Waals surface area contributed by atoms with Crippen LogP contribution in [0.15, 0.2) is 6.07 Å². The highest BCUT2D eigenvalue weighted by molar-refractivity contribution is 7.87. The molecular weight excluding hydrogens is 380 g/mol. The molecule has 0 aliphatic heterocycles. The number of anilines is 1. The number of fused-ring (bicyclic) bond motifs is 2. The molecule has 9 heteroatoms. The molecule has 0 unspecified atom stereocenters. The summed E-state index contributed by atoms with van der Waals surface area (Å²) in [5, 5.41) is 2.82. The second-order valence-corrected chi connectivity index (χ2v) is 9.33. The average molecular weight is 409 g/mol. The normalized spacial score (nSPS) is 15.3. The molecule has 3 rings (SSSR count). The predicted molar refractivity (Wildman–Crippen MR) is 108 cm³/mol. The lowest BCUT2D eigenvalue weighted by Gasteiger charge is -2.22. The number of aryl methyl sites for hydroxylation is 2. The first-order chi connectivity index (χ1) is 13.2. The number of urea groups is 1. The highest BCUT2D eigenvalue weighted by Gasteiger charge is 2.27. The summed E-state index contributed by atoms with van der Waals surface area (Å²) in [4.78, 5) is 25.2. The third-order valence-corrected chi connectivity index (χ3v) is 7.08. The Hall–Kier alpha value is -2.13. The topological polar surface area (TPSA) is 98.8 Å². The molecule has 0 bridgehead atoms. The van der Waals surface area contributed by atoms with Crippen molar-refractivity contribution in [1.29, 1.82) is 0 Å². The zero-order chi connectivity index (χ0) is 20.5. The molecule has 0 saturated carbocycles. The van der Waals surface area contributed by atoms with Crippen LogP contribution in [0.25, 0.3) is 0 Å². The Kier molecular flexibility index (Phi) is 5.95. The molecule has 0 aromatic heterocycles. The van der Waals surface area contributed by atoms with Gasteiger partial charge in [0.1, 0.15) is 0 Å². The van der Waals surface area contributed by atoms with Gasteiger partial charge in [0.2, 0.25) is 5.91 Å². The van der Waals surface area contributed by atoms with E-state index in [1.807, 2.05) is 0 Å². The number of likely N-dealkylation sites (N-methyl/N-ethyl adjacent to an activating group) is 2. The molecule has 0 radical (unpaired) electrons. The maximum atomic E-state index is 12.5. The van der Waals surface area contributed by atoms with Gasteiger partial charge >= 0.3 is 16.2 Å². The molecule has 8 nitrogen and oxygen atoms in total. The number of nitrogens with one attached hydrogen (secondary N) is 2. The summed E-state index contributed by atoms with van der Waals surface area (Å²) in [7, 11) is -1.02. The lowest BCUT2D eigenvalue weighted by Crippen LogP contribution is -2.46. The van der Waals surface area contributed by atoms with E-state index in [-0.39, 0.29) is 19.0 Å². The van der Waals surface area contributed by atoms with Crippen LogP contribution in [0, 0.1) is 0 Å². The summed E-state index contributed by atoms with van der Waals surface area (Å²) < 4.78 is 28.0. The van der Waals surface area contributed by atoms with E-state index in [2.05, 4.69) is 16.1 Å². The van der Waals surface area contributed by atoms with Gasteiger partial charge in [-0.3, -0.25) is 4.79 Å². The Morgan fingerprint density at radius 2 is 1.57 bits per heavy atom. The van der Waals surface area contributed by atoms with E-state index in [1.54, 1.807) is 7.05 Å². The van der Waals surface area contributed by atoms with Gasteiger partial charge in [-0.15, -0.1) is 0 Å². The number of nitrogens with zero attached hydrogens (tertiary/aromatic N) is 2. The molecule has 3 amide bonds. The van der Waals surface area contributed by atoms with Crippen LogP contribution in [0.5, 0.6) is 0 Å². The summed E-state index contributed by atoms with van der Waals surface area (Å²) >= 11 is 0. The van der Waals surface area contributed by atoms with Crippen LogP contribution in [-0.4, -0.2) is 56.7 Å². The van der Waals surface area contributed by atoms with Crippen LogP contribution >= 0.6 is 0 Å². The number of carbonyl (C=O) groups excluding carboxylic acids is 2. The minimum absolute atomic E-state index is 0.0921. The van der Waals surface area contributed by atoms with Gasteiger partial charge in [-0.05, 0) is 60.8 Å². The summed E-state index contributed by atoms with van der Waals surface area (Å²) in [6.45, 7) is 1.75. The van der Waals surface area contributed by atoms with E-state index in [9.17, 15) is 18.0 Å². The van der Waals surface area contributed by atoms with Crippen LogP contribution < -0.4 is 10.0 Å². The predicted octanol–water partition coefficient (Wildman–Crippen LogP) is 1.44. The summed E-state index contributed by atoms with van der Waals surface area (Å²) in [5.74, 6) is -0.150. The van der Waals surface area contributed by atoms with Gasteiger partial charge < -0.3 is 10.2 Å². The fourth-order valence-electron chi connectivity index (χ4n) is 3.87. The molecule has 28 heavy (non-hydrogen) atoms. The van der Waals surface area contributed by atoms with Crippen molar-refractivity contribution in [3.05, 3.63) is 28.3 Å². The van der Waals surface area contributed by atoms with Crippen molar-refractivity contribution >= 4 is 27.8 Å². The van der Waals surface area contributed by atoms with Crippen LogP contribution in [-0.2, 0) is 40.7 Å². The summed E-state index contributed by atoms with van der Waals surface area (Å²) in [6, 6.07) is 1.50. The van der Waals surface area contributed by atoms with Crippen LogP contribution in [0.4, 0.5) is 10.5 Å². The quantitative estimate of drug-likeness (QED) is 0.744. The first-order valence-corrected chi connectivity index (χ1v) is 11.1. The average Bonchev–Trinajstić information content (AvgIpc) is 3.27. The molecule has 0 fully saturated rings. The maximum Gasteiger partial charge on any atom is 0.333 e. The third-order valence-electron chi connectivity index (χ3n) is 5.63. The van der Waals surface area contributed by atoms with E-state index < -0.39 is 16.2 Å². The van der Waals surface area contributed by atoms with Gasteiger partial charge in [0.05, 0.1) is 0 Å². The summed E-state index contributed by atoms with van der Waals surface area (Å²) in [5.41, 5.74) is 5.62. The van der Waals surface area contributed by atoms with Crippen LogP contribution in [0.1, 0.15) is 42.0 Å². The largest absolute Gasteiger partial charge is 0.345 e. The Morgan fingerprint density at radius 3 is 2.11 bits per heavy atom. The van der Waals surface area contributed by atoms with Crippen molar-refractivity contribution in [3.8, 4) is 0 Å². The minimum Gasteiger partial charge on any atom is -0.345 e. The van der Waals surface area contributed by atoms with Gasteiger partial charge in [-0.25, -0.2) is 9.52 Å². The molecule has 1 aromatic rings. The van der Waals surface area contributed by atoms with E-state index in [0.29, 0.717) is 0 Å². The smallest absolute Gasteiger partial charge is 0.333 e. The number of hydrogen-bond acceptors (Lipinski definition) is 4. The van der Waals surface area contributed by atoms with E-state index in [0.717, 1.165) is 59.6 Å². The van der Waals surface area contributed by atoms with Crippen molar-refractivity contribution in [1.82, 2.24) is 13.9 Å². The fraction of sp³-hybridized carbons (Fsp3) is 0.579. The molecule has 2 N–H and O–H groups in total. The SMILES string of the molecule is CC(=O)N(C)CCN(C)S(=O)(=O)NC(=O)Nc1c2c(cc3c1CCC3)CCC2. The van der Waals surface area contributed by atoms with Gasteiger partial charge in [0, 0.05) is 39.8 Å².